The molecule has 3 N–H and O–H groups in total. The Kier molecular flexibility index (Phi) is 6.67. The van der Waals surface area contributed by atoms with Gasteiger partial charge in [-0.2, -0.15) is 5.48 Å². The van der Waals surface area contributed by atoms with Crippen LogP contribution in [0.3, 0.4) is 0 Å². The van der Waals surface area contributed by atoms with E-state index in [0.29, 0.717) is 0 Å². The van der Waals surface area contributed by atoms with Crippen molar-refractivity contribution < 1.29 is 19.5 Å². The van der Waals surface area contributed by atoms with Crippen LogP contribution in [-0.4, -0.2) is 35.8 Å². The average molecular weight is 232 g/mol. The van der Waals surface area contributed by atoms with E-state index in [1.807, 2.05) is 5.48 Å². The van der Waals surface area contributed by atoms with Gasteiger partial charge in [-0.3, -0.25) is 4.79 Å². The lowest BCUT2D eigenvalue weighted by atomic mass is 10.0. The highest BCUT2D eigenvalue weighted by Gasteiger charge is 2.26. The molecule has 6 nitrogen and oxygen atoms in total. The number of esters is 1. The van der Waals surface area contributed by atoms with Gasteiger partial charge in [0.2, 0.25) is 5.91 Å². The highest BCUT2D eigenvalue weighted by Crippen LogP contribution is 2.04. The number of carbonyl (C=O) groups excluding carboxylic acids is 2. The second-order valence-corrected chi connectivity index (χ2v) is 3.83. The first kappa shape index (κ1) is 14.9. The lowest BCUT2D eigenvalue weighted by molar-refractivity contribution is -0.149. The molecule has 0 saturated heterocycles. The molecule has 0 fully saturated rings. The lowest BCUT2D eigenvalue weighted by Crippen LogP contribution is -2.51. The van der Waals surface area contributed by atoms with Crippen LogP contribution in [0.4, 0.5) is 0 Å². The maximum absolute atomic E-state index is 11.5. The summed E-state index contributed by atoms with van der Waals surface area (Å²) < 4.78 is 4.84. The third kappa shape index (κ3) is 4.59. The summed E-state index contributed by atoms with van der Waals surface area (Å²) in [6, 6.07) is -1.46. The average Bonchev–Trinajstić information content (AvgIpc) is 2.23. The molecule has 0 unspecified atom stereocenters. The molecule has 0 rings (SSSR count). The van der Waals surface area contributed by atoms with Gasteiger partial charge in [0.25, 0.3) is 0 Å². The van der Waals surface area contributed by atoms with Gasteiger partial charge in [-0.25, -0.2) is 4.79 Å². The summed E-state index contributed by atoms with van der Waals surface area (Å²) >= 11 is 0. The van der Waals surface area contributed by atoms with Crippen LogP contribution in [0.15, 0.2) is 0 Å². The van der Waals surface area contributed by atoms with E-state index in [-0.39, 0.29) is 12.5 Å². The molecule has 0 radical (unpaired) electrons. The summed E-state index contributed by atoms with van der Waals surface area (Å²) in [6.45, 7) is 7.07. The van der Waals surface area contributed by atoms with Gasteiger partial charge in [0.15, 0.2) is 0 Å². The molecular weight excluding hydrogens is 212 g/mol. The topological polar surface area (TPSA) is 87.7 Å². The summed E-state index contributed by atoms with van der Waals surface area (Å²) in [4.78, 5) is 23.0. The number of hydrogen-bond acceptors (Lipinski definition) is 5. The van der Waals surface area contributed by atoms with Crippen molar-refractivity contribution in [1.29, 1.82) is 0 Å². The number of rotatable bonds is 6. The first-order chi connectivity index (χ1) is 7.43. The van der Waals surface area contributed by atoms with Crippen LogP contribution < -0.4 is 10.8 Å². The van der Waals surface area contributed by atoms with Crippen LogP contribution in [0.1, 0.15) is 27.7 Å². The maximum atomic E-state index is 11.5. The zero-order valence-corrected chi connectivity index (χ0v) is 10.1. The molecule has 0 heterocycles. The minimum atomic E-state index is -0.768. The minimum absolute atomic E-state index is 0.0751. The summed E-state index contributed by atoms with van der Waals surface area (Å²) in [5, 5.41) is 11.1. The van der Waals surface area contributed by atoms with Crippen LogP contribution in [0, 0.1) is 5.92 Å². The van der Waals surface area contributed by atoms with Crippen molar-refractivity contribution in [1.82, 2.24) is 10.8 Å². The molecule has 2 atom stereocenters. The van der Waals surface area contributed by atoms with Gasteiger partial charge in [0, 0.05) is 0 Å². The predicted molar refractivity (Wildman–Crippen MR) is 57.8 cm³/mol. The smallest absolute Gasteiger partial charge is 0.328 e. The SMILES string of the molecule is CCOC(=O)[C@@H](NC(=O)[C@@H](C)NO)C(C)C. The summed E-state index contributed by atoms with van der Waals surface area (Å²) in [5.74, 6) is -0.987. The molecule has 0 aliphatic carbocycles. The van der Waals surface area contributed by atoms with Crippen LogP contribution in [0.5, 0.6) is 0 Å². The fraction of sp³-hybridized carbons (Fsp3) is 0.800. The van der Waals surface area contributed by atoms with Gasteiger partial charge in [-0.1, -0.05) is 13.8 Å². The molecule has 16 heavy (non-hydrogen) atoms. The molecule has 1 amide bonds. The molecule has 0 saturated carbocycles. The van der Waals surface area contributed by atoms with E-state index in [2.05, 4.69) is 5.32 Å². The fourth-order valence-corrected chi connectivity index (χ4v) is 1.07. The van der Waals surface area contributed by atoms with E-state index < -0.39 is 24.0 Å². The molecule has 0 spiro atoms. The standard InChI is InChI=1S/C10H20N2O4/c1-5-16-10(14)8(6(2)3)11-9(13)7(4)12-15/h6-8,12,15H,5H2,1-4H3,(H,11,13)/t7-,8+/m1/s1. The second kappa shape index (κ2) is 7.19. The van der Waals surface area contributed by atoms with Crippen LogP contribution in [-0.2, 0) is 14.3 Å². The van der Waals surface area contributed by atoms with Gasteiger partial charge in [-0.05, 0) is 19.8 Å². The Bertz CT molecular complexity index is 243. The summed E-state index contributed by atoms with van der Waals surface area (Å²) in [7, 11) is 0. The van der Waals surface area contributed by atoms with E-state index in [9.17, 15) is 9.59 Å². The highest BCUT2D eigenvalue weighted by atomic mass is 16.5. The quantitative estimate of drug-likeness (QED) is 0.445. The minimum Gasteiger partial charge on any atom is -0.464 e. The number of carbonyl (C=O) groups is 2. The van der Waals surface area contributed by atoms with Gasteiger partial charge in [-0.15, -0.1) is 0 Å². The van der Waals surface area contributed by atoms with Crippen LogP contribution in [0.2, 0.25) is 0 Å². The van der Waals surface area contributed by atoms with Crippen molar-refractivity contribution in [3.63, 3.8) is 0 Å². The van der Waals surface area contributed by atoms with E-state index in [4.69, 9.17) is 9.94 Å². The Morgan fingerprint density at radius 1 is 1.31 bits per heavy atom. The van der Waals surface area contributed by atoms with Crippen LogP contribution >= 0.6 is 0 Å². The van der Waals surface area contributed by atoms with Crippen molar-refractivity contribution in [3.05, 3.63) is 0 Å². The molecule has 6 heteroatoms. The fourth-order valence-electron chi connectivity index (χ4n) is 1.07. The number of hydrogen-bond donors (Lipinski definition) is 3. The van der Waals surface area contributed by atoms with Crippen molar-refractivity contribution in [2.45, 2.75) is 39.8 Å². The first-order valence-electron chi connectivity index (χ1n) is 5.30. The zero-order valence-electron chi connectivity index (χ0n) is 10.1. The van der Waals surface area contributed by atoms with E-state index in [1.165, 1.54) is 6.92 Å². The molecule has 0 bridgehead atoms. The van der Waals surface area contributed by atoms with Gasteiger partial charge < -0.3 is 15.3 Å². The summed E-state index contributed by atoms with van der Waals surface area (Å²) in [6.07, 6.45) is 0. The number of amides is 1. The van der Waals surface area contributed by atoms with Crippen molar-refractivity contribution in [3.8, 4) is 0 Å². The Hall–Kier alpha value is -1.14. The van der Waals surface area contributed by atoms with E-state index in [1.54, 1.807) is 20.8 Å². The first-order valence-corrected chi connectivity index (χ1v) is 5.30. The van der Waals surface area contributed by atoms with Gasteiger partial charge >= 0.3 is 5.97 Å². The van der Waals surface area contributed by atoms with E-state index in [0.717, 1.165) is 0 Å². The predicted octanol–water partition coefficient (Wildman–Crippen LogP) is 0.0576. The number of hydroxylamine groups is 1. The van der Waals surface area contributed by atoms with Crippen LogP contribution in [0.25, 0.3) is 0 Å². The Balaban J connectivity index is 4.45. The molecule has 0 aliphatic heterocycles. The van der Waals surface area contributed by atoms with Gasteiger partial charge in [0.05, 0.1) is 6.61 Å². The third-order valence-corrected chi connectivity index (χ3v) is 2.09. The van der Waals surface area contributed by atoms with Gasteiger partial charge in [0.1, 0.15) is 12.1 Å². The largest absolute Gasteiger partial charge is 0.464 e. The Morgan fingerprint density at radius 2 is 1.88 bits per heavy atom. The second-order valence-electron chi connectivity index (χ2n) is 3.83. The van der Waals surface area contributed by atoms with E-state index >= 15 is 0 Å². The highest BCUT2D eigenvalue weighted by molar-refractivity contribution is 5.87. The third-order valence-electron chi connectivity index (χ3n) is 2.09. The lowest BCUT2D eigenvalue weighted by Gasteiger charge is -2.21. The number of ether oxygens (including phenoxy) is 1. The monoisotopic (exact) mass is 232 g/mol. The Labute approximate surface area is 95.3 Å². The number of nitrogens with one attached hydrogen (secondary N) is 2. The van der Waals surface area contributed by atoms with Crippen molar-refractivity contribution >= 4 is 11.9 Å². The zero-order chi connectivity index (χ0) is 12.7. The Morgan fingerprint density at radius 3 is 2.25 bits per heavy atom. The van der Waals surface area contributed by atoms with Crippen molar-refractivity contribution in [2.75, 3.05) is 6.61 Å². The maximum Gasteiger partial charge on any atom is 0.328 e. The summed E-state index contributed by atoms with van der Waals surface area (Å²) in [5.41, 5.74) is 1.82. The normalized spacial score (nSPS) is 14.4. The molecule has 0 aliphatic rings. The molecular formula is C10H20N2O4. The molecule has 0 aromatic heterocycles. The molecule has 0 aromatic rings. The molecule has 94 valence electrons. The molecule has 0 aromatic carbocycles. The van der Waals surface area contributed by atoms with Crippen molar-refractivity contribution in [2.24, 2.45) is 5.92 Å².